The number of nitrogens with one attached hydrogen (secondary N) is 1. The van der Waals surface area contributed by atoms with Crippen LogP contribution in [0, 0.1) is 0 Å². The summed E-state index contributed by atoms with van der Waals surface area (Å²) >= 11 is 0. The largest absolute Gasteiger partial charge is 0.508 e. The van der Waals surface area contributed by atoms with Crippen molar-refractivity contribution in [2.24, 2.45) is 0 Å². The number of rotatable bonds is 11. The maximum atomic E-state index is 13.8. The van der Waals surface area contributed by atoms with Gasteiger partial charge in [-0.15, -0.1) is 0 Å². The van der Waals surface area contributed by atoms with Crippen LogP contribution in [0.3, 0.4) is 0 Å². The number of aromatic hydroxyl groups is 1. The van der Waals surface area contributed by atoms with Gasteiger partial charge in [0.25, 0.3) is 0 Å². The van der Waals surface area contributed by atoms with E-state index in [0.717, 1.165) is 6.42 Å². The molecule has 0 unspecified atom stereocenters. The number of para-hydroxylation sites is 2. The van der Waals surface area contributed by atoms with E-state index >= 15 is 0 Å². The predicted molar refractivity (Wildman–Crippen MR) is 157 cm³/mol. The molecule has 5 rings (SSSR count). The molecule has 43 heavy (non-hydrogen) atoms. The number of sulfone groups is 2. The molecule has 0 aliphatic carbocycles. The fourth-order valence-corrected chi connectivity index (χ4v) is 6.78. The average molecular weight is 619 g/mol. The number of aromatic nitrogens is 3. The van der Waals surface area contributed by atoms with Crippen LogP contribution < -0.4 is 14.8 Å². The molecule has 1 heterocycles. The second-order valence-electron chi connectivity index (χ2n) is 9.07. The number of hydrogen-bond donors (Lipinski definition) is 2. The van der Waals surface area contributed by atoms with Gasteiger partial charge in [-0.05, 0) is 67.1 Å². The zero-order valence-electron chi connectivity index (χ0n) is 22.8. The van der Waals surface area contributed by atoms with E-state index in [2.05, 4.69) is 20.3 Å². The normalized spacial score (nSPS) is 11.6. The van der Waals surface area contributed by atoms with Gasteiger partial charge in [-0.1, -0.05) is 43.3 Å². The van der Waals surface area contributed by atoms with Crippen molar-refractivity contribution in [1.82, 2.24) is 15.0 Å². The third-order valence-corrected chi connectivity index (χ3v) is 9.67. The molecule has 0 spiro atoms. The Kier molecular flexibility index (Phi) is 8.55. The monoisotopic (exact) mass is 618 g/mol. The van der Waals surface area contributed by atoms with Crippen LogP contribution in [0.1, 0.15) is 13.3 Å². The van der Waals surface area contributed by atoms with Gasteiger partial charge >= 0.3 is 6.01 Å². The van der Waals surface area contributed by atoms with Gasteiger partial charge in [0.2, 0.25) is 25.6 Å². The quantitative estimate of drug-likeness (QED) is 0.188. The fourth-order valence-electron chi connectivity index (χ4n) is 3.99. The zero-order chi connectivity index (χ0) is 30.5. The minimum Gasteiger partial charge on any atom is -0.508 e. The van der Waals surface area contributed by atoms with Gasteiger partial charge < -0.3 is 19.9 Å². The fraction of sp³-hybridized carbons (Fsp3) is 0.100. The van der Waals surface area contributed by atoms with Crippen LogP contribution in [0.2, 0.25) is 0 Å². The summed E-state index contributed by atoms with van der Waals surface area (Å²) in [5.41, 5.74) is 0. The first kappa shape index (κ1) is 29.5. The smallest absolute Gasteiger partial charge is 0.326 e. The van der Waals surface area contributed by atoms with Crippen molar-refractivity contribution in [2.45, 2.75) is 32.9 Å². The lowest BCUT2D eigenvalue weighted by Crippen LogP contribution is -2.08. The Bertz CT molecular complexity index is 1950. The Morgan fingerprint density at radius 2 is 1.33 bits per heavy atom. The van der Waals surface area contributed by atoms with Crippen molar-refractivity contribution >= 4 is 25.6 Å². The highest BCUT2D eigenvalue weighted by Crippen LogP contribution is 2.43. The van der Waals surface area contributed by atoms with E-state index in [4.69, 9.17) is 9.47 Å². The van der Waals surface area contributed by atoms with Gasteiger partial charge in [-0.25, -0.2) is 21.8 Å². The van der Waals surface area contributed by atoms with E-state index in [1.165, 1.54) is 79.1 Å². The predicted octanol–water partition coefficient (Wildman–Crippen LogP) is 5.65. The van der Waals surface area contributed by atoms with Crippen LogP contribution >= 0.6 is 0 Å². The lowest BCUT2D eigenvalue weighted by molar-refractivity contribution is 0.383. The minimum absolute atomic E-state index is 0.00764. The van der Waals surface area contributed by atoms with Crippen LogP contribution in [0.5, 0.6) is 29.0 Å². The van der Waals surface area contributed by atoms with Crippen molar-refractivity contribution in [2.75, 3.05) is 11.9 Å². The number of nitrogens with zero attached hydrogens (tertiary/aromatic N) is 3. The summed E-state index contributed by atoms with van der Waals surface area (Å²) in [4.78, 5) is 11.8. The molecule has 0 aliphatic heterocycles. The molecule has 0 amide bonds. The number of benzene rings is 4. The van der Waals surface area contributed by atoms with Gasteiger partial charge in [0.05, 0.1) is 9.79 Å². The molecule has 0 fully saturated rings. The van der Waals surface area contributed by atoms with Gasteiger partial charge in [0.1, 0.15) is 27.6 Å². The summed E-state index contributed by atoms with van der Waals surface area (Å²) in [6.07, 6.45) is 2.03. The molecule has 2 N–H and O–H groups in total. The van der Waals surface area contributed by atoms with Crippen molar-refractivity contribution in [1.29, 1.82) is 0 Å². The summed E-state index contributed by atoms with van der Waals surface area (Å²) in [6.45, 7) is 2.56. The maximum Gasteiger partial charge on any atom is 0.326 e. The van der Waals surface area contributed by atoms with Gasteiger partial charge in [-0.2, -0.15) is 9.97 Å². The lowest BCUT2D eigenvalue weighted by atomic mass is 10.3. The van der Waals surface area contributed by atoms with Crippen molar-refractivity contribution < 1.29 is 31.4 Å². The average Bonchev–Trinajstić information content (AvgIpc) is 3.02. The summed E-state index contributed by atoms with van der Waals surface area (Å²) in [5, 5.41) is 12.6. The Labute approximate surface area is 248 Å². The molecule has 0 saturated heterocycles. The Balaban J connectivity index is 1.63. The van der Waals surface area contributed by atoms with Gasteiger partial charge in [0.15, 0.2) is 11.5 Å². The van der Waals surface area contributed by atoms with Crippen molar-refractivity contribution in [3.63, 3.8) is 0 Å². The van der Waals surface area contributed by atoms with Crippen LogP contribution in [-0.4, -0.2) is 43.4 Å². The van der Waals surface area contributed by atoms with Crippen molar-refractivity contribution in [3.8, 4) is 29.0 Å². The molecule has 0 bridgehead atoms. The third kappa shape index (κ3) is 6.42. The number of ether oxygens (including phenoxy) is 2. The molecule has 4 aromatic carbocycles. The Morgan fingerprint density at radius 3 is 2.07 bits per heavy atom. The molecule has 5 aromatic rings. The molecule has 1 aromatic heterocycles. The topological polar surface area (TPSA) is 158 Å². The van der Waals surface area contributed by atoms with E-state index in [1.54, 1.807) is 24.3 Å². The van der Waals surface area contributed by atoms with E-state index in [1.807, 2.05) is 6.92 Å². The van der Waals surface area contributed by atoms with Crippen LogP contribution in [0.25, 0.3) is 0 Å². The standard InChI is InChI=1S/C30H26N4O7S2/c1-2-19-31-29-32-20-33-30(34-29)41-28-25(12-8-14-27(28)43(38,39)22-9-4-3-5-10-22)40-24-11-6-7-13-26(24)42(36,37)23-17-15-21(35)16-18-23/h3-18,20,35H,2,19H2,1H3,(H,31,32,33,34). The Morgan fingerprint density at radius 1 is 0.698 bits per heavy atom. The second kappa shape index (κ2) is 12.5. The number of phenolic OH excluding ortho intramolecular Hbond substituents is 1. The first-order chi connectivity index (χ1) is 20.7. The molecule has 0 atom stereocenters. The van der Waals surface area contributed by atoms with Gasteiger partial charge in [-0.3, -0.25) is 0 Å². The van der Waals surface area contributed by atoms with Crippen LogP contribution in [-0.2, 0) is 19.7 Å². The number of hydrogen-bond acceptors (Lipinski definition) is 11. The van der Waals surface area contributed by atoms with E-state index in [0.29, 0.717) is 6.54 Å². The van der Waals surface area contributed by atoms with E-state index < -0.39 is 19.7 Å². The minimum atomic E-state index is -4.15. The molecular weight excluding hydrogens is 592 g/mol. The Hall–Kier alpha value is -5.01. The third-order valence-electron chi connectivity index (χ3n) is 6.07. The summed E-state index contributed by atoms with van der Waals surface area (Å²) < 4.78 is 66.7. The number of anilines is 1. The zero-order valence-corrected chi connectivity index (χ0v) is 24.4. The highest BCUT2D eigenvalue weighted by molar-refractivity contribution is 7.92. The van der Waals surface area contributed by atoms with Gasteiger partial charge in [0, 0.05) is 6.54 Å². The highest BCUT2D eigenvalue weighted by atomic mass is 32.2. The highest BCUT2D eigenvalue weighted by Gasteiger charge is 2.28. The van der Waals surface area contributed by atoms with E-state index in [-0.39, 0.29) is 54.5 Å². The first-order valence-corrected chi connectivity index (χ1v) is 16.0. The molecule has 13 heteroatoms. The van der Waals surface area contributed by atoms with Crippen LogP contribution in [0.15, 0.2) is 123 Å². The molecular formula is C30H26N4O7S2. The SMILES string of the molecule is CCCNc1ncnc(Oc2c(Oc3ccccc3S(=O)(=O)c3ccc(O)cc3)cccc2S(=O)(=O)c2ccccc2)n1. The summed E-state index contributed by atoms with van der Waals surface area (Å²) in [6, 6.07) is 22.8. The molecule has 0 radical (unpaired) electrons. The first-order valence-electron chi connectivity index (χ1n) is 13.0. The van der Waals surface area contributed by atoms with Crippen molar-refractivity contribution in [3.05, 3.63) is 103 Å². The number of phenols is 1. The summed E-state index contributed by atoms with van der Waals surface area (Å²) in [5.74, 6) is -0.309. The lowest BCUT2D eigenvalue weighted by Gasteiger charge is -2.17. The second-order valence-corrected chi connectivity index (χ2v) is 12.9. The molecule has 220 valence electrons. The summed E-state index contributed by atoms with van der Waals surface area (Å²) in [7, 11) is -8.26. The van der Waals surface area contributed by atoms with E-state index in [9.17, 15) is 21.9 Å². The van der Waals surface area contributed by atoms with Crippen LogP contribution in [0.4, 0.5) is 5.95 Å². The molecule has 0 aliphatic rings. The molecule has 11 nitrogen and oxygen atoms in total. The maximum absolute atomic E-state index is 13.8. The molecule has 0 saturated carbocycles.